The van der Waals surface area contributed by atoms with Gasteiger partial charge in [-0.15, -0.1) is 11.3 Å². The van der Waals surface area contributed by atoms with Gasteiger partial charge in [-0.2, -0.15) is 13.1 Å². The van der Waals surface area contributed by atoms with Crippen LogP contribution in [0.1, 0.15) is 35.6 Å². The lowest BCUT2D eigenvalue weighted by molar-refractivity contribution is -0.161. The number of carbonyl (C=O) groups is 4. The van der Waals surface area contributed by atoms with Crippen LogP contribution in [0.25, 0.3) is 0 Å². The number of nitrogens with zero attached hydrogens (tertiary/aromatic N) is 4. The number of hydrogen-bond acceptors (Lipinski definition) is 16. The first-order chi connectivity index (χ1) is 23.6. The maximum atomic E-state index is 13.3. The van der Waals surface area contributed by atoms with E-state index in [9.17, 15) is 60.8 Å². The molecule has 0 saturated carbocycles. The Hall–Kier alpha value is -5.63. The van der Waals surface area contributed by atoms with E-state index in [1.54, 1.807) is 0 Å². The zero-order chi connectivity index (χ0) is 38.1. The third kappa shape index (κ3) is 8.58. The van der Waals surface area contributed by atoms with Crippen molar-refractivity contribution in [2.24, 2.45) is 5.16 Å². The molecule has 22 nitrogen and oxygen atoms in total. The summed E-state index contributed by atoms with van der Waals surface area (Å²) in [7, 11) is -9.88. The number of sulfonamides is 1. The van der Waals surface area contributed by atoms with Crippen molar-refractivity contribution in [3.8, 4) is 5.88 Å². The number of aromatic hydroxyl groups is 1. The van der Waals surface area contributed by atoms with Crippen molar-refractivity contribution < 1.29 is 60.8 Å². The van der Waals surface area contributed by atoms with E-state index in [1.165, 1.54) is 17.5 Å². The summed E-state index contributed by atoms with van der Waals surface area (Å²) in [6.45, 7) is 0.841. The molecule has 1 fully saturated rings. The van der Waals surface area contributed by atoms with Crippen molar-refractivity contribution in [2.45, 2.75) is 43.0 Å². The molecule has 0 aliphatic carbocycles. The highest BCUT2D eigenvalue weighted by molar-refractivity contribution is 7.89. The monoisotopic (exact) mass is 772 g/mol. The maximum Gasteiger partial charge on any atom is 0.362 e. The molecule has 2 atom stereocenters. The standard InChI is InChI=1S/C26H28N8O14S3/c1-26(2,24(40)41)48-32-19(16-11-49-25(27)30-16)22(38)31-20-17(34(23(20)39)51(45,46)47)10-29-50(43,44)15-5-3-4-12(6-15)21(37)28-9-13-7-14(35)8-18(36)33(13)42/h3-8,11,17,20,29,36,42H,9-10H2,1-2H3,(H2,27,30)(H,28,37)(H,31,38)(H,40,41)(H,45,46,47)/b32-19-/t17-,20+/m1/s1. The van der Waals surface area contributed by atoms with Crippen LogP contribution in [0, 0.1) is 0 Å². The van der Waals surface area contributed by atoms with Crippen LogP contribution in [0.5, 0.6) is 5.88 Å². The molecule has 274 valence electrons. The van der Waals surface area contributed by atoms with Crippen molar-refractivity contribution in [2.75, 3.05) is 12.3 Å². The molecule has 0 spiro atoms. The number of pyridine rings is 1. The molecule has 0 radical (unpaired) electrons. The Labute approximate surface area is 291 Å². The van der Waals surface area contributed by atoms with Gasteiger partial charge in [-0.3, -0.25) is 23.7 Å². The van der Waals surface area contributed by atoms with Gasteiger partial charge in [-0.25, -0.2) is 27.2 Å². The summed E-state index contributed by atoms with van der Waals surface area (Å²) in [4.78, 5) is 70.2. The lowest BCUT2D eigenvalue weighted by Crippen LogP contribution is -2.74. The number of rotatable bonds is 14. The Balaban J connectivity index is 1.52. The molecule has 9 N–H and O–H groups in total. The van der Waals surface area contributed by atoms with E-state index < -0.39 is 96.7 Å². The first-order valence-corrected chi connectivity index (χ1v) is 17.7. The number of aromatic nitrogens is 2. The molecule has 4 rings (SSSR count). The summed E-state index contributed by atoms with van der Waals surface area (Å²) in [5, 5.41) is 38.0. The summed E-state index contributed by atoms with van der Waals surface area (Å²) in [6.07, 6.45) is 0. The van der Waals surface area contributed by atoms with Gasteiger partial charge in [0.2, 0.25) is 21.5 Å². The zero-order valence-electron chi connectivity index (χ0n) is 26.1. The molecule has 0 unspecified atom stereocenters. The van der Waals surface area contributed by atoms with E-state index in [-0.39, 0.29) is 31.1 Å². The fraction of sp³-hybridized carbons (Fsp3) is 0.269. The number of benzene rings is 1. The van der Waals surface area contributed by atoms with Crippen molar-refractivity contribution >= 4 is 66.2 Å². The van der Waals surface area contributed by atoms with Gasteiger partial charge >= 0.3 is 16.3 Å². The van der Waals surface area contributed by atoms with E-state index in [1.807, 2.05) is 4.72 Å². The molecule has 3 amide bonds. The molecule has 25 heteroatoms. The predicted molar refractivity (Wildman–Crippen MR) is 172 cm³/mol. The fourth-order valence-electron chi connectivity index (χ4n) is 4.26. The van der Waals surface area contributed by atoms with E-state index in [4.69, 9.17) is 10.6 Å². The molecule has 3 aromatic rings. The Morgan fingerprint density at radius 3 is 2.43 bits per heavy atom. The summed E-state index contributed by atoms with van der Waals surface area (Å²) in [5.41, 5.74) is 1.67. The highest BCUT2D eigenvalue weighted by Crippen LogP contribution is 2.25. The van der Waals surface area contributed by atoms with E-state index in [0.29, 0.717) is 0 Å². The minimum Gasteiger partial charge on any atom is -0.492 e. The fourth-order valence-corrected chi connectivity index (χ4v) is 6.78. The van der Waals surface area contributed by atoms with Crippen LogP contribution in [-0.4, -0.2) is 104 Å². The SMILES string of the molecule is CC(C)(O/N=C(\C(=O)N[C@@H]1C(=O)N(S(=O)(=O)O)[C@@H]1CNS(=O)(=O)c1cccc(C(=O)NCc2cc(=O)cc(O)n2O)c1)c1csc(N)n1)C(=O)O. The number of nitrogen functional groups attached to an aromatic ring is 1. The van der Waals surface area contributed by atoms with Crippen LogP contribution in [-0.2, 0) is 46.1 Å². The van der Waals surface area contributed by atoms with Crippen molar-refractivity contribution in [3.63, 3.8) is 0 Å². The Bertz CT molecular complexity index is 2220. The Morgan fingerprint density at radius 2 is 1.82 bits per heavy atom. The zero-order valence-corrected chi connectivity index (χ0v) is 28.5. The average molecular weight is 773 g/mol. The smallest absolute Gasteiger partial charge is 0.362 e. The highest BCUT2D eigenvalue weighted by Gasteiger charge is 2.54. The Kier molecular flexibility index (Phi) is 10.7. The number of nitrogens with two attached hydrogens (primary N) is 1. The molecule has 2 aromatic heterocycles. The van der Waals surface area contributed by atoms with Gasteiger partial charge in [-0.1, -0.05) is 11.2 Å². The van der Waals surface area contributed by atoms with E-state index in [2.05, 4.69) is 20.8 Å². The minimum atomic E-state index is -5.29. The molecule has 3 heterocycles. The summed E-state index contributed by atoms with van der Waals surface area (Å²) in [5.74, 6) is -5.75. The molecule has 1 aromatic carbocycles. The summed E-state index contributed by atoms with van der Waals surface area (Å²) in [6, 6.07) is 2.48. The molecule has 1 aliphatic heterocycles. The third-order valence-electron chi connectivity index (χ3n) is 6.95. The lowest BCUT2D eigenvalue weighted by Gasteiger charge is -2.44. The number of carbonyl (C=O) groups excluding carboxylic acids is 3. The number of amides is 3. The number of carboxylic acids is 1. The van der Waals surface area contributed by atoms with Gasteiger partial charge in [0.1, 0.15) is 11.7 Å². The second-order valence-corrected chi connectivity index (χ2v) is 14.9. The normalized spacial score (nSPS) is 16.6. The Morgan fingerprint density at radius 1 is 1.14 bits per heavy atom. The van der Waals surface area contributed by atoms with Crippen molar-refractivity contribution in [1.82, 2.24) is 29.4 Å². The first-order valence-electron chi connectivity index (χ1n) is 14.0. The molecule has 51 heavy (non-hydrogen) atoms. The number of β-lactam (4-membered cyclic amide) rings is 1. The summed E-state index contributed by atoms with van der Waals surface area (Å²) < 4.78 is 62.2. The topological polar surface area (TPSA) is 339 Å². The van der Waals surface area contributed by atoms with Gasteiger partial charge < -0.3 is 36.6 Å². The first kappa shape index (κ1) is 38.2. The molecular formula is C26H28N8O14S3. The van der Waals surface area contributed by atoms with E-state index >= 15 is 0 Å². The second-order valence-electron chi connectivity index (χ2n) is 11.0. The number of hydrogen-bond donors (Lipinski definition) is 8. The van der Waals surface area contributed by atoms with Crippen LogP contribution < -0.4 is 26.5 Å². The third-order valence-corrected chi connectivity index (χ3v) is 10.00. The van der Waals surface area contributed by atoms with Crippen LogP contribution in [0.3, 0.4) is 0 Å². The van der Waals surface area contributed by atoms with Gasteiger partial charge in [0, 0.05) is 29.6 Å². The predicted octanol–water partition coefficient (Wildman–Crippen LogP) is -2.18. The van der Waals surface area contributed by atoms with Gasteiger partial charge in [0.05, 0.1) is 23.2 Å². The minimum absolute atomic E-state index is 0.0401. The molecular weight excluding hydrogens is 745 g/mol. The summed E-state index contributed by atoms with van der Waals surface area (Å²) >= 11 is 0.861. The number of nitrogens with one attached hydrogen (secondary N) is 3. The number of thiazole rings is 1. The largest absolute Gasteiger partial charge is 0.492 e. The number of aliphatic carboxylic acids is 1. The number of anilines is 1. The van der Waals surface area contributed by atoms with Crippen LogP contribution in [0.4, 0.5) is 5.13 Å². The average Bonchev–Trinajstić information content (AvgIpc) is 3.47. The quantitative estimate of drug-likeness (QED) is 0.0284. The molecule has 1 aliphatic rings. The molecule has 1 saturated heterocycles. The van der Waals surface area contributed by atoms with Crippen LogP contribution >= 0.6 is 11.3 Å². The van der Waals surface area contributed by atoms with Gasteiger partial charge in [0.25, 0.3) is 17.7 Å². The lowest BCUT2D eigenvalue weighted by atomic mass is 9.98. The van der Waals surface area contributed by atoms with Gasteiger partial charge in [-0.05, 0) is 32.0 Å². The van der Waals surface area contributed by atoms with Crippen molar-refractivity contribution in [1.29, 1.82) is 0 Å². The van der Waals surface area contributed by atoms with Crippen LogP contribution in [0.2, 0.25) is 0 Å². The number of carboxylic acid groups (broad SMARTS) is 1. The maximum absolute atomic E-state index is 13.3. The number of oxime groups is 1. The van der Waals surface area contributed by atoms with Gasteiger partial charge in [0.15, 0.2) is 16.3 Å². The second kappa shape index (κ2) is 14.3. The van der Waals surface area contributed by atoms with Crippen molar-refractivity contribution in [3.05, 3.63) is 69.0 Å². The highest BCUT2D eigenvalue weighted by atomic mass is 32.2. The molecule has 0 bridgehead atoms. The van der Waals surface area contributed by atoms with Crippen LogP contribution in [0.15, 0.2) is 56.6 Å². The van der Waals surface area contributed by atoms with E-state index in [0.717, 1.165) is 49.4 Å².